The zero-order valence-electron chi connectivity index (χ0n) is 16.4. The highest BCUT2D eigenvalue weighted by Gasteiger charge is 2.36. The van der Waals surface area contributed by atoms with E-state index in [4.69, 9.17) is 14.2 Å². The Hall–Kier alpha value is -2.44. The second-order valence-corrected chi connectivity index (χ2v) is 8.04. The minimum Gasteiger partial charge on any atom is -0.485 e. The van der Waals surface area contributed by atoms with Gasteiger partial charge in [0.15, 0.2) is 11.5 Å². The number of carbonyl (C=O) groups is 2. The highest BCUT2D eigenvalue weighted by molar-refractivity contribution is 5.82. The van der Waals surface area contributed by atoms with Gasteiger partial charge in [0.1, 0.15) is 12.2 Å². The fraction of sp³-hybridized carbons (Fsp3) is 0.600. The predicted octanol–water partition coefficient (Wildman–Crippen LogP) is 2.68. The van der Waals surface area contributed by atoms with Crippen molar-refractivity contribution in [1.82, 2.24) is 9.80 Å². The molecule has 0 radical (unpaired) electrons. The molecule has 148 valence electrons. The van der Waals surface area contributed by atoms with Gasteiger partial charge < -0.3 is 24.0 Å². The van der Waals surface area contributed by atoms with E-state index in [1.165, 1.54) is 0 Å². The van der Waals surface area contributed by atoms with E-state index in [-0.39, 0.29) is 24.6 Å². The van der Waals surface area contributed by atoms with E-state index in [1.54, 1.807) is 22.9 Å². The number of benzene rings is 1. The van der Waals surface area contributed by atoms with Crippen LogP contribution in [0.2, 0.25) is 0 Å². The van der Waals surface area contributed by atoms with Gasteiger partial charge in [-0.25, -0.2) is 4.79 Å². The summed E-state index contributed by atoms with van der Waals surface area (Å²) < 4.78 is 16.9. The van der Waals surface area contributed by atoms with Crippen LogP contribution in [0.3, 0.4) is 0 Å². The molecule has 1 aromatic carbocycles. The predicted molar refractivity (Wildman–Crippen MR) is 100.0 cm³/mol. The first kappa shape index (κ1) is 19.3. The molecule has 0 aliphatic carbocycles. The Bertz CT molecular complexity index is 700. The molecule has 2 aliphatic heterocycles. The third-order valence-corrected chi connectivity index (χ3v) is 4.72. The van der Waals surface area contributed by atoms with Gasteiger partial charge in [0.05, 0.1) is 6.04 Å². The lowest BCUT2D eigenvalue weighted by atomic mass is 10.0. The summed E-state index contributed by atoms with van der Waals surface area (Å²) in [6, 6.07) is 7.26. The van der Waals surface area contributed by atoms with Crippen LogP contribution in [0, 0.1) is 0 Å². The summed E-state index contributed by atoms with van der Waals surface area (Å²) in [7, 11) is 1.73. The molecular formula is C20H28N2O5. The number of hydrogen-bond acceptors (Lipinski definition) is 5. The molecule has 2 heterocycles. The van der Waals surface area contributed by atoms with Crippen molar-refractivity contribution in [1.29, 1.82) is 0 Å². The van der Waals surface area contributed by atoms with Gasteiger partial charge in [0.2, 0.25) is 6.10 Å². The maximum atomic E-state index is 12.9. The van der Waals surface area contributed by atoms with Gasteiger partial charge in [-0.05, 0) is 45.7 Å². The highest BCUT2D eigenvalue weighted by atomic mass is 16.6. The topological polar surface area (TPSA) is 68.3 Å². The minimum absolute atomic E-state index is 0.0747. The van der Waals surface area contributed by atoms with E-state index in [9.17, 15) is 9.59 Å². The zero-order valence-corrected chi connectivity index (χ0v) is 16.4. The summed E-state index contributed by atoms with van der Waals surface area (Å²) >= 11 is 0. The van der Waals surface area contributed by atoms with Crippen LogP contribution in [0.5, 0.6) is 11.5 Å². The van der Waals surface area contributed by atoms with Crippen molar-refractivity contribution < 1.29 is 23.8 Å². The molecular weight excluding hydrogens is 348 g/mol. The summed E-state index contributed by atoms with van der Waals surface area (Å²) in [4.78, 5) is 28.6. The van der Waals surface area contributed by atoms with Crippen molar-refractivity contribution in [2.24, 2.45) is 0 Å². The van der Waals surface area contributed by atoms with Gasteiger partial charge in [-0.15, -0.1) is 0 Å². The van der Waals surface area contributed by atoms with Crippen molar-refractivity contribution >= 4 is 12.0 Å². The number of fused-ring (bicyclic) bond motifs is 1. The summed E-state index contributed by atoms with van der Waals surface area (Å²) in [6.45, 7) is 6.84. The average Bonchev–Trinajstić information content (AvgIpc) is 2.65. The zero-order chi connectivity index (χ0) is 19.6. The Morgan fingerprint density at radius 1 is 1.22 bits per heavy atom. The highest BCUT2D eigenvalue weighted by Crippen LogP contribution is 2.31. The van der Waals surface area contributed by atoms with E-state index in [2.05, 4.69) is 0 Å². The number of likely N-dealkylation sites (N-methyl/N-ethyl adjacent to an activating group) is 1. The fourth-order valence-corrected chi connectivity index (χ4v) is 3.30. The molecule has 1 aromatic rings. The third kappa shape index (κ3) is 4.64. The number of likely N-dealkylation sites (tertiary alicyclic amines) is 1. The monoisotopic (exact) mass is 376 g/mol. The molecule has 2 amide bonds. The quantitative estimate of drug-likeness (QED) is 0.794. The molecule has 0 unspecified atom stereocenters. The molecule has 2 atom stereocenters. The lowest BCUT2D eigenvalue weighted by Gasteiger charge is -2.39. The number of piperidine rings is 1. The van der Waals surface area contributed by atoms with Crippen molar-refractivity contribution in [3.63, 3.8) is 0 Å². The largest absolute Gasteiger partial charge is 0.485 e. The van der Waals surface area contributed by atoms with E-state index in [1.807, 2.05) is 39.0 Å². The van der Waals surface area contributed by atoms with E-state index < -0.39 is 11.7 Å². The van der Waals surface area contributed by atoms with E-state index >= 15 is 0 Å². The number of para-hydroxylation sites is 2. The molecule has 1 fully saturated rings. The summed E-state index contributed by atoms with van der Waals surface area (Å²) in [5.41, 5.74) is -0.545. The van der Waals surface area contributed by atoms with Crippen LogP contribution in [-0.4, -0.2) is 66.3 Å². The second-order valence-electron chi connectivity index (χ2n) is 8.04. The first-order chi connectivity index (χ1) is 12.7. The summed E-state index contributed by atoms with van der Waals surface area (Å²) in [5.74, 6) is 1.14. The Kier molecular flexibility index (Phi) is 5.48. The molecule has 0 bridgehead atoms. The van der Waals surface area contributed by atoms with Crippen LogP contribution in [0.25, 0.3) is 0 Å². The van der Waals surface area contributed by atoms with Crippen molar-refractivity contribution in [2.75, 3.05) is 26.7 Å². The SMILES string of the molecule is CN(C(=O)OC(C)(C)C)[C@H]1CCCN(C(=O)[C@@H]2COc3ccccc3O2)C1. The molecule has 0 spiro atoms. The first-order valence-electron chi connectivity index (χ1n) is 9.37. The van der Waals surface area contributed by atoms with Gasteiger partial charge in [0, 0.05) is 20.1 Å². The lowest BCUT2D eigenvalue weighted by Crippen LogP contribution is -2.55. The van der Waals surface area contributed by atoms with Crippen molar-refractivity contribution in [3.8, 4) is 11.5 Å². The molecule has 0 aromatic heterocycles. The normalized spacial score (nSPS) is 22.1. The van der Waals surface area contributed by atoms with Crippen molar-refractivity contribution in [3.05, 3.63) is 24.3 Å². The van der Waals surface area contributed by atoms with Crippen LogP contribution in [0.15, 0.2) is 24.3 Å². The van der Waals surface area contributed by atoms with Gasteiger partial charge in [-0.1, -0.05) is 12.1 Å². The summed E-state index contributed by atoms with van der Waals surface area (Å²) in [5, 5.41) is 0. The fourth-order valence-electron chi connectivity index (χ4n) is 3.30. The first-order valence-corrected chi connectivity index (χ1v) is 9.37. The van der Waals surface area contributed by atoms with Crippen LogP contribution in [0.1, 0.15) is 33.6 Å². The van der Waals surface area contributed by atoms with Crippen LogP contribution >= 0.6 is 0 Å². The molecule has 2 aliphatic rings. The summed E-state index contributed by atoms with van der Waals surface area (Å²) in [6.07, 6.45) is 0.636. The smallest absolute Gasteiger partial charge is 0.410 e. The Morgan fingerprint density at radius 2 is 1.93 bits per heavy atom. The number of nitrogens with zero attached hydrogens (tertiary/aromatic N) is 2. The number of rotatable bonds is 2. The van der Waals surface area contributed by atoms with Crippen molar-refractivity contribution in [2.45, 2.75) is 51.4 Å². The van der Waals surface area contributed by atoms with Crippen LogP contribution in [-0.2, 0) is 9.53 Å². The Balaban J connectivity index is 1.61. The molecule has 27 heavy (non-hydrogen) atoms. The van der Waals surface area contributed by atoms with Gasteiger partial charge in [0.25, 0.3) is 5.91 Å². The minimum atomic E-state index is -0.662. The van der Waals surface area contributed by atoms with Crippen LogP contribution < -0.4 is 9.47 Å². The Labute approximate surface area is 160 Å². The standard InChI is InChI=1S/C20H28N2O5/c1-20(2,3)27-19(24)21(4)14-8-7-11-22(12-14)18(23)17-13-25-15-9-5-6-10-16(15)26-17/h5-6,9-10,14,17H,7-8,11-13H2,1-4H3/t14-,17-/m0/s1. The lowest BCUT2D eigenvalue weighted by molar-refractivity contribution is -0.143. The maximum absolute atomic E-state index is 12.9. The number of amides is 2. The van der Waals surface area contributed by atoms with E-state index in [0.29, 0.717) is 24.6 Å². The molecule has 0 saturated carbocycles. The average molecular weight is 376 g/mol. The maximum Gasteiger partial charge on any atom is 0.410 e. The van der Waals surface area contributed by atoms with Crippen LogP contribution in [0.4, 0.5) is 4.79 Å². The van der Waals surface area contributed by atoms with E-state index in [0.717, 1.165) is 12.8 Å². The molecule has 7 heteroatoms. The van der Waals surface area contributed by atoms with Gasteiger partial charge >= 0.3 is 6.09 Å². The molecule has 0 N–H and O–H groups in total. The Morgan fingerprint density at radius 3 is 2.63 bits per heavy atom. The molecule has 3 rings (SSSR count). The van der Waals surface area contributed by atoms with Gasteiger partial charge in [-0.2, -0.15) is 0 Å². The number of hydrogen-bond donors (Lipinski definition) is 0. The molecule has 7 nitrogen and oxygen atoms in total. The second kappa shape index (κ2) is 7.66. The molecule has 1 saturated heterocycles. The third-order valence-electron chi connectivity index (χ3n) is 4.72. The number of ether oxygens (including phenoxy) is 3. The number of carbonyl (C=O) groups excluding carboxylic acids is 2. The van der Waals surface area contributed by atoms with Gasteiger partial charge in [-0.3, -0.25) is 4.79 Å².